The van der Waals surface area contributed by atoms with E-state index in [1.54, 1.807) is 0 Å². The van der Waals surface area contributed by atoms with Gasteiger partial charge in [-0.05, 0) is 95.7 Å². The first kappa shape index (κ1) is 26.0. The zero-order valence-electron chi connectivity index (χ0n) is 21.3. The first-order valence-corrected chi connectivity index (χ1v) is 14.3. The summed E-state index contributed by atoms with van der Waals surface area (Å²) < 4.78 is 6.31. The van der Waals surface area contributed by atoms with Gasteiger partial charge >= 0.3 is 5.97 Å². The lowest BCUT2D eigenvalue weighted by Crippen LogP contribution is -2.53. The molecule has 2 saturated heterocycles. The molecule has 1 spiro atoms. The number of hydrogen-bond acceptors (Lipinski definition) is 4. The first-order valence-electron chi connectivity index (χ1n) is 14.3. The van der Waals surface area contributed by atoms with Crippen LogP contribution in [0.3, 0.4) is 0 Å². The maximum atomic E-state index is 13.1. The third-order valence-electron chi connectivity index (χ3n) is 9.03. The maximum Gasteiger partial charge on any atom is 0.309 e. The van der Waals surface area contributed by atoms with Crippen LogP contribution in [-0.4, -0.2) is 38.3 Å². The predicted molar refractivity (Wildman–Crippen MR) is 134 cm³/mol. The Labute approximate surface area is 198 Å². The van der Waals surface area contributed by atoms with Gasteiger partial charge in [0.05, 0.1) is 5.92 Å². The summed E-state index contributed by atoms with van der Waals surface area (Å²) in [6.45, 7) is 8.78. The molecule has 3 fully saturated rings. The van der Waals surface area contributed by atoms with Gasteiger partial charge in [0.15, 0.2) is 0 Å². The van der Waals surface area contributed by atoms with Crippen LogP contribution >= 0.6 is 0 Å². The normalized spacial score (nSPS) is 30.3. The summed E-state index contributed by atoms with van der Waals surface area (Å²) in [4.78, 5) is 13.1. The number of rotatable bonds is 12. The Morgan fingerprint density at radius 3 is 2.28 bits per heavy atom. The van der Waals surface area contributed by atoms with E-state index in [0.717, 1.165) is 37.8 Å². The van der Waals surface area contributed by atoms with Crippen LogP contribution in [0.1, 0.15) is 117 Å². The van der Waals surface area contributed by atoms with E-state index < -0.39 is 0 Å². The van der Waals surface area contributed by atoms with E-state index in [2.05, 4.69) is 24.5 Å². The SMILES string of the molecule is CCCCCCCCC(CC)C(=O)OC1CNCCC12CCC(CC1CCNCC1)CC2. The van der Waals surface area contributed by atoms with E-state index in [9.17, 15) is 4.79 Å². The van der Waals surface area contributed by atoms with Gasteiger partial charge in [0, 0.05) is 12.0 Å². The molecule has 2 atom stereocenters. The lowest BCUT2D eigenvalue weighted by molar-refractivity contribution is -0.166. The fraction of sp³-hybridized carbons (Fsp3) is 0.964. The van der Waals surface area contributed by atoms with Crippen LogP contribution in [-0.2, 0) is 9.53 Å². The zero-order valence-corrected chi connectivity index (χ0v) is 21.3. The molecule has 0 aromatic rings. The van der Waals surface area contributed by atoms with E-state index in [1.807, 2.05) is 0 Å². The standard InChI is InChI=1S/C28H52N2O2/c1-3-5-6-7-8-9-10-25(4-2)27(31)32-26-22-30-20-17-28(26)15-11-23(12-16-28)21-24-13-18-29-19-14-24/h23-26,29-30H,3-22H2,1-2H3. The molecule has 0 aromatic heterocycles. The highest BCUT2D eigenvalue weighted by molar-refractivity contribution is 5.72. The average Bonchev–Trinajstić information content (AvgIpc) is 2.82. The van der Waals surface area contributed by atoms with Crippen LogP contribution in [0.4, 0.5) is 0 Å². The first-order chi connectivity index (χ1) is 15.7. The highest BCUT2D eigenvalue weighted by atomic mass is 16.5. The molecule has 0 amide bonds. The lowest BCUT2D eigenvalue weighted by atomic mass is 9.63. The third kappa shape index (κ3) is 7.72. The van der Waals surface area contributed by atoms with Crippen LogP contribution in [0.15, 0.2) is 0 Å². The number of unbranched alkanes of at least 4 members (excludes halogenated alkanes) is 5. The van der Waals surface area contributed by atoms with Crippen molar-refractivity contribution >= 4 is 5.97 Å². The molecule has 4 nitrogen and oxygen atoms in total. The van der Waals surface area contributed by atoms with Crippen molar-refractivity contribution in [2.45, 2.75) is 123 Å². The fourth-order valence-corrected chi connectivity index (χ4v) is 6.66. The second kappa shape index (κ2) is 13.9. The van der Waals surface area contributed by atoms with E-state index in [1.165, 1.54) is 103 Å². The minimum Gasteiger partial charge on any atom is -0.460 e. The number of piperidine rings is 2. The van der Waals surface area contributed by atoms with Gasteiger partial charge in [0.25, 0.3) is 0 Å². The summed E-state index contributed by atoms with van der Waals surface area (Å²) in [5.41, 5.74) is 0.240. The Hall–Kier alpha value is -0.610. The maximum absolute atomic E-state index is 13.1. The second-order valence-electron chi connectivity index (χ2n) is 11.3. The lowest BCUT2D eigenvalue weighted by Gasteiger charge is -2.48. The second-order valence-corrected chi connectivity index (χ2v) is 11.3. The molecular formula is C28H52N2O2. The topological polar surface area (TPSA) is 50.4 Å². The van der Waals surface area contributed by atoms with Crippen LogP contribution in [0.2, 0.25) is 0 Å². The van der Waals surface area contributed by atoms with Crippen molar-refractivity contribution in [3.05, 3.63) is 0 Å². The molecule has 1 aliphatic carbocycles. The molecule has 2 N–H and O–H groups in total. The quantitative estimate of drug-likeness (QED) is 0.274. The zero-order chi connectivity index (χ0) is 22.7. The van der Waals surface area contributed by atoms with Crippen LogP contribution in [0.25, 0.3) is 0 Å². The molecule has 1 saturated carbocycles. The Bertz CT molecular complexity index is 524. The molecule has 2 heterocycles. The summed E-state index contributed by atoms with van der Waals surface area (Å²) >= 11 is 0. The summed E-state index contributed by atoms with van der Waals surface area (Å²) in [5.74, 6) is 2.01. The smallest absolute Gasteiger partial charge is 0.309 e. The molecule has 0 aromatic carbocycles. The van der Waals surface area contributed by atoms with Gasteiger partial charge in [0.1, 0.15) is 6.10 Å². The summed E-state index contributed by atoms with van der Waals surface area (Å²) in [5, 5.41) is 7.04. The molecule has 3 rings (SSSR count). The van der Waals surface area contributed by atoms with Gasteiger partial charge in [-0.25, -0.2) is 0 Å². The molecule has 3 aliphatic rings. The van der Waals surface area contributed by atoms with Gasteiger partial charge < -0.3 is 15.4 Å². The molecule has 0 bridgehead atoms. The van der Waals surface area contributed by atoms with Crippen LogP contribution < -0.4 is 10.6 Å². The molecule has 0 radical (unpaired) electrons. The van der Waals surface area contributed by atoms with Crippen LogP contribution in [0.5, 0.6) is 0 Å². The summed E-state index contributed by atoms with van der Waals surface area (Å²) in [7, 11) is 0. The van der Waals surface area contributed by atoms with E-state index >= 15 is 0 Å². The van der Waals surface area contributed by atoms with Crippen molar-refractivity contribution in [3.8, 4) is 0 Å². The van der Waals surface area contributed by atoms with E-state index in [0.29, 0.717) is 0 Å². The summed E-state index contributed by atoms with van der Waals surface area (Å²) in [6.07, 6.45) is 20.3. The van der Waals surface area contributed by atoms with Crippen molar-refractivity contribution in [2.24, 2.45) is 23.2 Å². The molecular weight excluding hydrogens is 396 g/mol. The van der Waals surface area contributed by atoms with Crippen molar-refractivity contribution in [2.75, 3.05) is 26.2 Å². The Balaban J connectivity index is 1.45. The number of carbonyl (C=O) groups is 1. The predicted octanol–water partition coefficient (Wildman–Crippen LogP) is 6.23. The minimum atomic E-state index is 0.0854. The van der Waals surface area contributed by atoms with Crippen molar-refractivity contribution in [3.63, 3.8) is 0 Å². The van der Waals surface area contributed by atoms with Gasteiger partial charge in [-0.3, -0.25) is 4.79 Å². The molecule has 2 aliphatic heterocycles. The molecule has 32 heavy (non-hydrogen) atoms. The Morgan fingerprint density at radius 1 is 0.875 bits per heavy atom. The fourth-order valence-electron chi connectivity index (χ4n) is 6.66. The van der Waals surface area contributed by atoms with Crippen molar-refractivity contribution in [1.29, 1.82) is 0 Å². The minimum absolute atomic E-state index is 0.0854. The highest BCUT2D eigenvalue weighted by Crippen LogP contribution is 2.48. The largest absolute Gasteiger partial charge is 0.460 e. The number of nitrogens with one attached hydrogen (secondary N) is 2. The molecule has 186 valence electrons. The number of hydrogen-bond donors (Lipinski definition) is 2. The van der Waals surface area contributed by atoms with E-state index in [4.69, 9.17) is 4.74 Å². The molecule has 4 heteroatoms. The Kier molecular flexibility index (Phi) is 11.3. The van der Waals surface area contributed by atoms with Gasteiger partial charge in [-0.15, -0.1) is 0 Å². The summed E-state index contributed by atoms with van der Waals surface area (Å²) in [6, 6.07) is 0. The van der Waals surface area contributed by atoms with E-state index in [-0.39, 0.29) is 23.4 Å². The van der Waals surface area contributed by atoms with Crippen LogP contribution in [0, 0.1) is 23.2 Å². The molecule has 2 unspecified atom stereocenters. The average molecular weight is 449 g/mol. The van der Waals surface area contributed by atoms with Crippen molar-refractivity contribution < 1.29 is 9.53 Å². The van der Waals surface area contributed by atoms with Gasteiger partial charge in [-0.2, -0.15) is 0 Å². The number of carbonyl (C=O) groups excluding carboxylic acids is 1. The third-order valence-corrected chi connectivity index (χ3v) is 9.03. The monoisotopic (exact) mass is 448 g/mol. The van der Waals surface area contributed by atoms with Gasteiger partial charge in [0.2, 0.25) is 0 Å². The van der Waals surface area contributed by atoms with Gasteiger partial charge in [-0.1, -0.05) is 52.4 Å². The Morgan fingerprint density at radius 2 is 1.56 bits per heavy atom. The van der Waals surface area contributed by atoms with Crippen molar-refractivity contribution in [1.82, 2.24) is 10.6 Å². The highest BCUT2D eigenvalue weighted by Gasteiger charge is 2.46. The number of esters is 1. The number of ether oxygens (including phenoxy) is 1.